The molecule has 2 rings (SSSR count). The lowest BCUT2D eigenvalue weighted by Gasteiger charge is -2.02. The van der Waals surface area contributed by atoms with E-state index in [0.717, 1.165) is 16.7 Å². The van der Waals surface area contributed by atoms with Gasteiger partial charge in [0.2, 0.25) is 0 Å². The van der Waals surface area contributed by atoms with Crippen molar-refractivity contribution in [1.29, 1.82) is 0 Å². The van der Waals surface area contributed by atoms with E-state index in [1.165, 1.54) is 0 Å². The second-order valence-electron chi connectivity index (χ2n) is 3.73. The average molecular weight is 222 g/mol. The van der Waals surface area contributed by atoms with Crippen molar-refractivity contribution < 1.29 is 5.11 Å². The van der Waals surface area contributed by atoms with Crippen LogP contribution < -0.4 is 0 Å². The predicted molar refractivity (Wildman–Crippen MR) is 73.6 cm³/mol. The van der Waals surface area contributed by atoms with Gasteiger partial charge in [-0.25, -0.2) is 0 Å². The van der Waals surface area contributed by atoms with Crippen LogP contribution in [-0.4, -0.2) is 5.11 Å². The van der Waals surface area contributed by atoms with Crippen LogP contribution in [0.5, 0.6) is 5.75 Å². The highest BCUT2D eigenvalue weighted by Gasteiger charge is 2.00. The van der Waals surface area contributed by atoms with E-state index in [1.54, 1.807) is 6.08 Å². The minimum absolute atomic E-state index is 0.273. The van der Waals surface area contributed by atoms with Crippen LogP contribution >= 0.6 is 0 Å². The van der Waals surface area contributed by atoms with E-state index in [9.17, 15) is 5.11 Å². The van der Waals surface area contributed by atoms with E-state index in [4.69, 9.17) is 0 Å². The van der Waals surface area contributed by atoms with Crippen molar-refractivity contribution in [3.8, 4) is 5.75 Å². The molecule has 2 aromatic carbocycles. The van der Waals surface area contributed by atoms with Gasteiger partial charge in [0.15, 0.2) is 0 Å². The minimum atomic E-state index is 0.273. The summed E-state index contributed by atoms with van der Waals surface area (Å²) in [5.74, 6) is 0.273. The Bertz CT molecular complexity index is 539. The number of hydrogen-bond donors (Lipinski definition) is 1. The van der Waals surface area contributed by atoms with Gasteiger partial charge in [0, 0.05) is 11.1 Å². The van der Waals surface area contributed by atoms with Gasteiger partial charge in [0.05, 0.1) is 0 Å². The van der Waals surface area contributed by atoms with Crippen LogP contribution in [0.2, 0.25) is 0 Å². The molecule has 84 valence electrons. The van der Waals surface area contributed by atoms with Crippen LogP contribution in [0, 0.1) is 0 Å². The molecule has 2 aromatic rings. The van der Waals surface area contributed by atoms with E-state index in [0.29, 0.717) is 0 Å². The highest BCUT2D eigenvalue weighted by Crippen LogP contribution is 2.25. The molecule has 1 heteroatoms. The summed E-state index contributed by atoms with van der Waals surface area (Å²) in [5, 5.41) is 9.94. The number of hydrogen-bond acceptors (Lipinski definition) is 1. The van der Waals surface area contributed by atoms with Crippen LogP contribution in [0.1, 0.15) is 16.7 Å². The fraction of sp³-hybridized carbons (Fsp3) is 0. The molecular formula is C16H14O. The lowest BCUT2D eigenvalue weighted by molar-refractivity contribution is 0.473. The summed E-state index contributed by atoms with van der Waals surface area (Å²) in [6.07, 6.45) is 5.52. The number of aromatic hydroxyl groups is 1. The largest absolute Gasteiger partial charge is 0.507 e. The van der Waals surface area contributed by atoms with Crippen molar-refractivity contribution in [3.05, 3.63) is 71.8 Å². The van der Waals surface area contributed by atoms with Gasteiger partial charge in [-0.15, -0.1) is 0 Å². The fourth-order valence-electron chi connectivity index (χ4n) is 1.63. The van der Waals surface area contributed by atoms with E-state index >= 15 is 0 Å². The summed E-state index contributed by atoms with van der Waals surface area (Å²) in [6, 6.07) is 15.6. The molecule has 1 N–H and O–H groups in total. The first kappa shape index (κ1) is 11.2. The minimum Gasteiger partial charge on any atom is -0.507 e. The average Bonchev–Trinajstić information content (AvgIpc) is 2.39. The van der Waals surface area contributed by atoms with Gasteiger partial charge < -0.3 is 5.11 Å². The summed E-state index contributed by atoms with van der Waals surface area (Å²) >= 11 is 0. The SMILES string of the molecule is C=Cc1cccc(C=Cc2ccccc2)c1O. The highest BCUT2D eigenvalue weighted by atomic mass is 16.3. The molecule has 0 fully saturated rings. The molecule has 0 spiro atoms. The predicted octanol–water partition coefficient (Wildman–Crippen LogP) is 4.21. The van der Waals surface area contributed by atoms with E-state index < -0.39 is 0 Å². The quantitative estimate of drug-likeness (QED) is 0.771. The summed E-state index contributed by atoms with van der Waals surface area (Å²) < 4.78 is 0. The Labute approximate surface area is 101 Å². The first-order valence-electron chi connectivity index (χ1n) is 5.49. The Hall–Kier alpha value is -2.28. The smallest absolute Gasteiger partial charge is 0.129 e. The van der Waals surface area contributed by atoms with Crippen LogP contribution in [-0.2, 0) is 0 Å². The lowest BCUT2D eigenvalue weighted by atomic mass is 10.1. The van der Waals surface area contributed by atoms with E-state index in [2.05, 4.69) is 6.58 Å². The zero-order chi connectivity index (χ0) is 12.1. The number of phenols is 1. The van der Waals surface area contributed by atoms with Crippen LogP contribution in [0.3, 0.4) is 0 Å². The van der Waals surface area contributed by atoms with Crippen LogP contribution in [0.4, 0.5) is 0 Å². The maximum absolute atomic E-state index is 9.94. The molecular weight excluding hydrogens is 208 g/mol. The molecule has 0 aromatic heterocycles. The monoisotopic (exact) mass is 222 g/mol. The van der Waals surface area contributed by atoms with Crippen molar-refractivity contribution in [3.63, 3.8) is 0 Å². The number of phenolic OH excluding ortho intramolecular Hbond substituents is 1. The van der Waals surface area contributed by atoms with Gasteiger partial charge in [0.25, 0.3) is 0 Å². The molecule has 0 unspecified atom stereocenters. The molecule has 0 atom stereocenters. The van der Waals surface area contributed by atoms with Crippen molar-refractivity contribution >= 4 is 18.2 Å². The summed E-state index contributed by atoms with van der Waals surface area (Å²) in [4.78, 5) is 0. The van der Waals surface area contributed by atoms with Gasteiger partial charge in [-0.2, -0.15) is 0 Å². The standard InChI is InChI=1S/C16H14O/c1-2-14-9-6-10-15(16(14)17)12-11-13-7-4-3-5-8-13/h2-12,17H,1H2. The zero-order valence-corrected chi connectivity index (χ0v) is 9.51. The van der Waals surface area contributed by atoms with Crippen LogP contribution in [0.25, 0.3) is 18.2 Å². The van der Waals surface area contributed by atoms with Gasteiger partial charge in [-0.1, -0.05) is 73.3 Å². The van der Waals surface area contributed by atoms with Crippen molar-refractivity contribution in [2.75, 3.05) is 0 Å². The third kappa shape index (κ3) is 2.64. The molecule has 17 heavy (non-hydrogen) atoms. The van der Waals surface area contributed by atoms with E-state index in [1.807, 2.05) is 60.7 Å². The van der Waals surface area contributed by atoms with Gasteiger partial charge in [-0.05, 0) is 5.56 Å². The summed E-state index contributed by atoms with van der Waals surface area (Å²) in [5.41, 5.74) is 2.65. The van der Waals surface area contributed by atoms with Crippen LogP contribution in [0.15, 0.2) is 55.1 Å². The molecule has 1 nitrogen and oxygen atoms in total. The first-order chi connectivity index (χ1) is 8.31. The molecule has 0 saturated carbocycles. The van der Waals surface area contributed by atoms with Gasteiger partial charge in [-0.3, -0.25) is 0 Å². The maximum atomic E-state index is 9.94. The number of para-hydroxylation sites is 1. The molecule has 0 saturated heterocycles. The molecule has 0 amide bonds. The number of rotatable bonds is 3. The normalized spacial score (nSPS) is 10.6. The third-order valence-corrected chi connectivity index (χ3v) is 2.57. The molecule has 0 aliphatic carbocycles. The molecule has 0 aliphatic heterocycles. The Balaban J connectivity index is 2.31. The zero-order valence-electron chi connectivity index (χ0n) is 9.51. The molecule has 0 heterocycles. The Kier molecular flexibility index (Phi) is 3.41. The van der Waals surface area contributed by atoms with Gasteiger partial charge >= 0.3 is 0 Å². The molecule has 0 bridgehead atoms. The van der Waals surface area contributed by atoms with Crippen molar-refractivity contribution in [1.82, 2.24) is 0 Å². The Morgan fingerprint density at radius 1 is 0.824 bits per heavy atom. The third-order valence-electron chi connectivity index (χ3n) is 2.57. The summed E-state index contributed by atoms with van der Waals surface area (Å²) in [7, 11) is 0. The van der Waals surface area contributed by atoms with E-state index in [-0.39, 0.29) is 5.75 Å². The van der Waals surface area contributed by atoms with Gasteiger partial charge in [0.1, 0.15) is 5.75 Å². The second-order valence-corrected chi connectivity index (χ2v) is 3.73. The van der Waals surface area contributed by atoms with Crippen molar-refractivity contribution in [2.24, 2.45) is 0 Å². The van der Waals surface area contributed by atoms with Crippen molar-refractivity contribution in [2.45, 2.75) is 0 Å². The summed E-state index contributed by atoms with van der Waals surface area (Å²) in [6.45, 7) is 3.67. The second kappa shape index (κ2) is 5.17. The fourth-order valence-corrected chi connectivity index (χ4v) is 1.63. The molecule has 0 radical (unpaired) electrons. The highest BCUT2D eigenvalue weighted by molar-refractivity contribution is 5.75. The topological polar surface area (TPSA) is 20.2 Å². The lowest BCUT2D eigenvalue weighted by Crippen LogP contribution is -1.79. The number of benzene rings is 2. The Morgan fingerprint density at radius 2 is 1.53 bits per heavy atom. The first-order valence-corrected chi connectivity index (χ1v) is 5.49. The maximum Gasteiger partial charge on any atom is 0.129 e. The Morgan fingerprint density at radius 3 is 2.24 bits per heavy atom. The molecule has 0 aliphatic rings.